The minimum Gasteiger partial charge on any atom is -0.315 e. The maximum atomic E-state index is 13.9. The third kappa shape index (κ3) is 6.35. The molecule has 0 fully saturated rings. The van der Waals surface area contributed by atoms with Gasteiger partial charge in [-0.05, 0) is 67.6 Å². The maximum Gasteiger partial charge on any atom is 0.300 e. The second-order valence-corrected chi connectivity index (χ2v) is 8.21. The summed E-state index contributed by atoms with van der Waals surface area (Å²) in [5, 5.41) is 1.53. The average Bonchev–Trinajstić information content (AvgIpc) is 2.59. The van der Waals surface area contributed by atoms with Crippen LogP contribution in [-0.4, -0.2) is 5.91 Å². The molecule has 2 aromatic rings. The molecular weight excluding hydrogens is 380 g/mol. The zero-order valence-corrected chi connectivity index (χ0v) is 17.7. The number of anilines is 1. The fraction of sp³-hybridized carbons (Fsp3) is 0.318. The summed E-state index contributed by atoms with van der Waals surface area (Å²) >= 11 is 6.15. The van der Waals surface area contributed by atoms with Gasteiger partial charge in [-0.1, -0.05) is 52.2 Å². The van der Waals surface area contributed by atoms with Crippen LogP contribution in [0.1, 0.15) is 48.9 Å². The SMILES string of the molecule is CCCCc1ccc(NC(=O)C#Cc2ccc(C(C)(F)P)cc2Cl)cc1C. The van der Waals surface area contributed by atoms with E-state index >= 15 is 0 Å². The quantitative estimate of drug-likeness (QED) is 0.481. The summed E-state index contributed by atoms with van der Waals surface area (Å²) in [4.78, 5) is 12.1. The highest BCUT2D eigenvalue weighted by atomic mass is 35.5. The van der Waals surface area contributed by atoms with E-state index < -0.39 is 11.3 Å². The van der Waals surface area contributed by atoms with Crippen molar-refractivity contribution in [3.8, 4) is 11.8 Å². The number of hydrogen-bond donors (Lipinski definition) is 1. The van der Waals surface area contributed by atoms with Gasteiger partial charge in [0.1, 0.15) is 5.41 Å². The summed E-state index contributed by atoms with van der Waals surface area (Å²) < 4.78 is 13.9. The number of carbonyl (C=O) groups is 1. The zero-order chi connectivity index (χ0) is 20.0. The number of nitrogens with one attached hydrogen (secondary N) is 1. The summed E-state index contributed by atoms with van der Waals surface area (Å²) in [6.07, 6.45) is 3.34. The van der Waals surface area contributed by atoms with Gasteiger partial charge in [-0.25, -0.2) is 4.39 Å². The molecule has 1 amide bonds. The third-order valence-corrected chi connectivity index (χ3v) is 4.89. The number of amides is 1. The highest BCUT2D eigenvalue weighted by molar-refractivity contribution is 7.18. The standard InChI is InChI=1S/C22H24ClFNOP/c1-4-5-6-16-8-11-19(13-15(16)2)25-21(26)12-9-17-7-10-18(14-20(17)23)22(3,24)27/h7-8,10-11,13-14H,4-6,27H2,1-3H3,(H,25,26). The fourth-order valence-electron chi connectivity index (χ4n) is 2.63. The monoisotopic (exact) mass is 403 g/mol. The Labute approximate surface area is 168 Å². The molecule has 2 rings (SSSR count). The Hall–Kier alpha value is -1.88. The summed E-state index contributed by atoms with van der Waals surface area (Å²) in [5.41, 5.74) is 4.08. The molecule has 0 aliphatic carbocycles. The minimum absolute atomic E-state index is 0.315. The molecule has 0 aliphatic heterocycles. The molecule has 0 bridgehead atoms. The summed E-state index contributed by atoms with van der Waals surface area (Å²) in [7, 11) is 2.12. The Morgan fingerprint density at radius 2 is 2.04 bits per heavy atom. The van der Waals surface area contributed by atoms with Crippen molar-refractivity contribution in [2.75, 3.05) is 5.32 Å². The van der Waals surface area contributed by atoms with Crippen molar-refractivity contribution in [2.45, 2.75) is 45.4 Å². The van der Waals surface area contributed by atoms with E-state index in [-0.39, 0.29) is 0 Å². The molecule has 27 heavy (non-hydrogen) atoms. The molecule has 2 unspecified atom stereocenters. The Bertz CT molecular complexity index is 893. The lowest BCUT2D eigenvalue weighted by molar-refractivity contribution is -0.111. The van der Waals surface area contributed by atoms with Gasteiger partial charge in [-0.15, -0.1) is 0 Å². The van der Waals surface area contributed by atoms with Crippen molar-refractivity contribution in [2.24, 2.45) is 0 Å². The molecule has 5 heteroatoms. The van der Waals surface area contributed by atoms with E-state index in [1.165, 1.54) is 18.6 Å². The molecule has 2 nitrogen and oxygen atoms in total. The first-order valence-corrected chi connectivity index (χ1v) is 9.86. The Morgan fingerprint density at radius 3 is 2.63 bits per heavy atom. The van der Waals surface area contributed by atoms with Gasteiger partial charge in [0.15, 0.2) is 0 Å². The predicted octanol–water partition coefficient (Wildman–Crippen LogP) is 6.00. The molecule has 142 valence electrons. The summed E-state index contributed by atoms with van der Waals surface area (Å²) in [6, 6.07) is 10.6. The Morgan fingerprint density at radius 1 is 1.30 bits per heavy atom. The van der Waals surface area contributed by atoms with Crippen molar-refractivity contribution >= 4 is 32.4 Å². The Balaban J connectivity index is 2.08. The molecule has 0 aliphatic rings. The molecule has 0 aromatic heterocycles. The molecule has 0 saturated carbocycles. The number of unbranched alkanes of at least 4 members (excludes halogenated alkanes) is 1. The molecular formula is C22H24ClFNOP. The molecule has 0 saturated heterocycles. The zero-order valence-electron chi connectivity index (χ0n) is 15.8. The molecule has 2 aromatic carbocycles. The van der Waals surface area contributed by atoms with E-state index in [9.17, 15) is 9.18 Å². The first-order valence-electron chi connectivity index (χ1n) is 8.91. The van der Waals surface area contributed by atoms with Crippen LogP contribution in [0.3, 0.4) is 0 Å². The third-order valence-electron chi connectivity index (χ3n) is 4.24. The predicted molar refractivity (Wildman–Crippen MR) is 115 cm³/mol. The number of carbonyl (C=O) groups excluding carboxylic acids is 1. The largest absolute Gasteiger partial charge is 0.315 e. The highest BCUT2D eigenvalue weighted by Crippen LogP contribution is 2.34. The van der Waals surface area contributed by atoms with Crippen LogP contribution >= 0.6 is 20.8 Å². The molecule has 0 radical (unpaired) electrons. The lowest BCUT2D eigenvalue weighted by atomic mass is 10.0. The van der Waals surface area contributed by atoms with E-state index in [1.54, 1.807) is 12.1 Å². The summed E-state index contributed by atoms with van der Waals surface area (Å²) in [5.74, 6) is 4.85. The van der Waals surface area contributed by atoms with Crippen molar-refractivity contribution in [1.82, 2.24) is 0 Å². The smallest absolute Gasteiger partial charge is 0.300 e. The van der Waals surface area contributed by atoms with Gasteiger partial charge in [0, 0.05) is 17.2 Å². The molecule has 0 heterocycles. The lowest BCUT2D eigenvalue weighted by Crippen LogP contribution is -2.09. The van der Waals surface area contributed by atoms with Gasteiger partial charge >= 0.3 is 5.91 Å². The van der Waals surface area contributed by atoms with E-state index in [4.69, 9.17) is 11.6 Å². The van der Waals surface area contributed by atoms with Crippen LogP contribution in [0.2, 0.25) is 5.02 Å². The Kier molecular flexibility index (Phi) is 7.42. The van der Waals surface area contributed by atoms with Gasteiger partial charge in [-0.3, -0.25) is 4.79 Å². The van der Waals surface area contributed by atoms with Crippen LogP contribution < -0.4 is 5.32 Å². The van der Waals surface area contributed by atoms with Crippen LogP contribution in [-0.2, 0) is 16.6 Å². The summed E-state index contributed by atoms with van der Waals surface area (Å²) in [6.45, 7) is 5.63. The van der Waals surface area contributed by atoms with Gasteiger partial charge in [0.25, 0.3) is 0 Å². The molecule has 2 atom stereocenters. The normalized spacial score (nSPS) is 12.7. The van der Waals surface area contributed by atoms with Crippen LogP contribution in [0.25, 0.3) is 0 Å². The maximum absolute atomic E-state index is 13.9. The average molecular weight is 404 g/mol. The number of halogens is 2. The fourth-order valence-corrected chi connectivity index (χ4v) is 3.04. The second kappa shape index (κ2) is 9.36. The number of rotatable bonds is 5. The number of benzene rings is 2. The van der Waals surface area contributed by atoms with Crippen LogP contribution in [0.5, 0.6) is 0 Å². The number of aryl methyl sites for hydroxylation is 2. The topological polar surface area (TPSA) is 29.1 Å². The first-order chi connectivity index (χ1) is 12.7. The van der Waals surface area contributed by atoms with Gasteiger partial charge < -0.3 is 5.32 Å². The van der Waals surface area contributed by atoms with E-state index in [0.717, 1.165) is 24.8 Å². The van der Waals surface area contributed by atoms with Crippen molar-refractivity contribution in [3.63, 3.8) is 0 Å². The lowest BCUT2D eigenvalue weighted by Gasteiger charge is -2.14. The first kappa shape index (κ1) is 21.4. The van der Waals surface area contributed by atoms with Gasteiger partial charge in [-0.2, -0.15) is 0 Å². The minimum atomic E-state index is -1.56. The van der Waals surface area contributed by atoms with E-state index in [1.807, 2.05) is 25.1 Å². The van der Waals surface area contributed by atoms with Crippen molar-refractivity contribution in [3.05, 3.63) is 63.7 Å². The highest BCUT2D eigenvalue weighted by Gasteiger charge is 2.19. The van der Waals surface area contributed by atoms with Gasteiger partial charge in [0.2, 0.25) is 0 Å². The molecule has 1 N–H and O–H groups in total. The van der Waals surface area contributed by atoms with Crippen LogP contribution in [0.15, 0.2) is 36.4 Å². The van der Waals surface area contributed by atoms with Crippen LogP contribution in [0.4, 0.5) is 10.1 Å². The van der Waals surface area contributed by atoms with Crippen LogP contribution in [0, 0.1) is 18.8 Å². The second-order valence-electron chi connectivity index (χ2n) is 6.72. The van der Waals surface area contributed by atoms with Crippen molar-refractivity contribution in [1.29, 1.82) is 0 Å². The van der Waals surface area contributed by atoms with E-state index in [2.05, 4.69) is 33.3 Å². The number of alkyl halides is 1. The molecule has 0 spiro atoms. The number of hydrogen-bond acceptors (Lipinski definition) is 1. The van der Waals surface area contributed by atoms with Crippen molar-refractivity contribution < 1.29 is 9.18 Å². The van der Waals surface area contributed by atoms with Gasteiger partial charge in [0.05, 0.1) is 5.02 Å². The van der Waals surface area contributed by atoms with E-state index in [0.29, 0.717) is 21.8 Å².